The lowest BCUT2D eigenvalue weighted by atomic mass is 9.75. The zero-order chi connectivity index (χ0) is 14.8. The van der Waals surface area contributed by atoms with Crippen molar-refractivity contribution in [2.24, 2.45) is 5.84 Å². The Kier molecular flexibility index (Phi) is 4.58. The third-order valence-corrected chi connectivity index (χ3v) is 4.17. The molecular formula is C16H18BrFN2. The number of halogens is 2. The molecule has 0 aliphatic carbocycles. The van der Waals surface area contributed by atoms with E-state index in [1.165, 1.54) is 6.07 Å². The Labute approximate surface area is 127 Å². The summed E-state index contributed by atoms with van der Waals surface area (Å²) in [6, 6.07) is 14.5. The van der Waals surface area contributed by atoms with Crippen LogP contribution in [0.4, 0.5) is 4.39 Å². The third kappa shape index (κ3) is 2.92. The van der Waals surface area contributed by atoms with Crippen molar-refractivity contribution < 1.29 is 4.39 Å². The van der Waals surface area contributed by atoms with Gasteiger partial charge in [0.25, 0.3) is 0 Å². The molecule has 1 unspecified atom stereocenters. The molecule has 2 rings (SSSR count). The molecule has 0 fully saturated rings. The fourth-order valence-electron chi connectivity index (χ4n) is 2.46. The molecule has 0 saturated heterocycles. The number of nitrogens with two attached hydrogens (primary N) is 1. The van der Waals surface area contributed by atoms with Crippen molar-refractivity contribution >= 4 is 15.9 Å². The third-order valence-electron chi connectivity index (χ3n) is 3.68. The molecule has 0 radical (unpaired) electrons. The maximum Gasteiger partial charge on any atom is 0.128 e. The van der Waals surface area contributed by atoms with Crippen LogP contribution in [-0.4, -0.2) is 0 Å². The highest BCUT2D eigenvalue weighted by Crippen LogP contribution is 2.38. The predicted octanol–water partition coefficient (Wildman–Crippen LogP) is 4.07. The Morgan fingerprint density at radius 3 is 2.40 bits per heavy atom. The van der Waals surface area contributed by atoms with Gasteiger partial charge in [0, 0.05) is 15.5 Å². The molecule has 4 heteroatoms. The molecule has 3 N–H and O–H groups in total. The molecule has 0 saturated carbocycles. The minimum atomic E-state index is -0.350. The van der Waals surface area contributed by atoms with E-state index < -0.39 is 0 Å². The molecule has 2 nitrogen and oxygen atoms in total. The molecule has 0 aliphatic rings. The minimum absolute atomic E-state index is 0.264. The second-order valence-electron chi connectivity index (χ2n) is 5.35. The van der Waals surface area contributed by atoms with Gasteiger partial charge in [-0.1, -0.05) is 60.1 Å². The van der Waals surface area contributed by atoms with Gasteiger partial charge >= 0.3 is 0 Å². The number of nitrogens with one attached hydrogen (secondary N) is 1. The second kappa shape index (κ2) is 6.04. The quantitative estimate of drug-likeness (QED) is 0.652. The SMILES string of the molecule is CC(C)(c1ccccc1)C(NN)c1cc(Br)ccc1F. The average molecular weight is 337 g/mol. The molecule has 2 aromatic carbocycles. The summed E-state index contributed by atoms with van der Waals surface area (Å²) in [5, 5.41) is 0. The van der Waals surface area contributed by atoms with Gasteiger partial charge in [-0.15, -0.1) is 0 Å². The van der Waals surface area contributed by atoms with Crippen LogP contribution in [0.15, 0.2) is 53.0 Å². The van der Waals surface area contributed by atoms with E-state index >= 15 is 0 Å². The molecular weight excluding hydrogens is 319 g/mol. The molecule has 0 spiro atoms. The van der Waals surface area contributed by atoms with Crippen LogP contribution in [-0.2, 0) is 5.41 Å². The van der Waals surface area contributed by atoms with Crippen molar-refractivity contribution in [2.45, 2.75) is 25.3 Å². The van der Waals surface area contributed by atoms with Gasteiger partial charge in [0.15, 0.2) is 0 Å². The fourth-order valence-corrected chi connectivity index (χ4v) is 2.84. The summed E-state index contributed by atoms with van der Waals surface area (Å²) in [4.78, 5) is 0. The van der Waals surface area contributed by atoms with Crippen molar-refractivity contribution in [1.29, 1.82) is 0 Å². The molecule has 2 aromatic rings. The van der Waals surface area contributed by atoms with Gasteiger partial charge in [-0.2, -0.15) is 0 Å². The van der Waals surface area contributed by atoms with Gasteiger partial charge in [-0.25, -0.2) is 4.39 Å². The molecule has 0 aliphatic heterocycles. The smallest absolute Gasteiger partial charge is 0.128 e. The number of hydrazine groups is 1. The number of hydrogen-bond acceptors (Lipinski definition) is 2. The van der Waals surface area contributed by atoms with Crippen LogP contribution in [0.5, 0.6) is 0 Å². The Hall–Kier alpha value is -1.23. The van der Waals surface area contributed by atoms with Crippen molar-refractivity contribution in [1.82, 2.24) is 5.43 Å². The molecule has 106 valence electrons. The van der Waals surface area contributed by atoms with Crippen molar-refractivity contribution in [3.05, 3.63) is 69.9 Å². The average Bonchev–Trinajstić information content (AvgIpc) is 2.44. The first-order chi connectivity index (χ1) is 9.46. The van der Waals surface area contributed by atoms with E-state index in [0.717, 1.165) is 10.0 Å². The van der Waals surface area contributed by atoms with E-state index in [-0.39, 0.29) is 17.3 Å². The standard InChI is InChI=1S/C16H18BrFN2/c1-16(2,11-6-4-3-5-7-11)15(20-19)13-10-12(17)8-9-14(13)18/h3-10,15,20H,19H2,1-2H3. The highest BCUT2D eigenvalue weighted by molar-refractivity contribution is 9.10. The van der Waals surface area contributed by atoms with Crippen molar-refractivity contribution in [3.63, 3.8) is 0 Å². The Balaban J connectivity index is 2.49. The van der Waals surface area contributed by atoms with Crippen LogP contribution < -0.4 is 11.3 Å². The van der Waals surface area contributed by atoms with Crippen LogP contribution in [0.1, 0.15) is 31.0 Å². The van der Waals surface area contributed by atoms with Gasteiger partial charge < -0.3 is 0 Å². The molecule has 0 heterocycles. The highest BCUT2D eigenvalue weighted by atomic mass is 79.9. The summed E-state index contributed by atoms with van der Waals surface area (Å²) in [6.07, 6.45) is 0. The molecule has 0 amide bonds. The lowest BCUT2D eigenvalue weighted by Crippen LogP contribution is -2.41. The van der Waals surface area contributed by atoms with E-state index in [1.807, 2.05) is 44.2 Å². The highest BCUT2D eigenvalue weighted by Gasteiger charge is 2.33. The van der Waals surface area contributed by atoms with Gasteiger partial charge in [-0.05, 0) is 23.8 Å². The first kappa shape index (κ1) is 15.2. The van der Waals surface area contributed by atoms with Gasteiger partial charge in [0.05, 0.1) is 6.04 Å². The normalized spacial score (nSPS) is 13.2. The van der Waals surface area contributed by atoms with Crippen LogP contribution in [0, 0.1) is 5.82 Å². The summed E-state index contributed by atoms with van der Waals surface area (Å²) in [7, 11) is 0. The number of benzene rings is 2. The number of hydrogen-bond donors (Lipinski definition) is 2. The van der Waals surface area contributed by atoms with Crippen LogP contribution in [0.2, 0.25) is 0 Å². The number of rotatable bonds is 4. The summed E-state index contributed by atoms with van der Waals surface area (Å²) >= 11 is 3.38. The summed E-state index contributed by atoms with van der Waals surface area (Å²) in [6.45, 7) is 4.10. The van der Waals surface area contributed by atoms with E-state index in [4.69, 9.17) is 5.84 Å². The fraction of sp³-hybridized carbons (Fsp3) is 0.250. The Bertz CT molecular complexity index is 584. The van der Waals surface area contributed by atoms with E-state index in [1.54, 1.807) is 12.1 Å². The molecule has 0 bridgehead atoms. The van der Waals surface area contributed by atoms with Crippen molar-refractivity contribution in [3.8, 4) is 0 Å². The Morgan fingerprint density at radius 2 is 1.80 bits per heavy atom. The van der Waals surface area contributed by atoms with Gasteiger partial charge in [-0.3, -0.25) is 11.3 Å². The predicted molar refractivity (Wildman–Crippen MR) is 83.6 cm³/mol. The molecule has 0 aromatic heterocycles. The maximum absolute atomic E-state index is 14.1. The zero-order valence-corrected chi connectivity index (χ0v) is 13.1. The zero-order valence-electron chi connectivity index (χ0n) is 11.5. The summed E-state index contributed by atoms with van der Waals surface area (Å²) < 4.78 is 15.0. The summed E-state index contributed by atoms with van der Waals surface area (Å²) in [5.41, 5.74) is 4.07. The summed E-state index contributed by atoms with van der Waals surface area (Å²) in [5.74, 6) is 5.45. The van der Waals surface area contributed by atoms with Crippen LogP contribution >= 0.6 is 15.9 Å². The lowest BCUT2D eigenvalue weighted by Gasteiger charge is -2.35. The minimum Gasteiger partial charge on any atom is -0.271 e. The topological polar surface area (TPSA) is 38.0 Å². The van der Waals surface area contributed by atoms with Crippen LogP contribution in [0.3, 0.4) is 0 Å². The van der Waals surface area contributed by atoms with Gasteiger partial charge in [0.2, 0.25) is 0 Å². The first-order valence-electron chi connectivity index (χ1n) is 6.43. The van der Waals surface area contributed by atoms with E-state index in [0.29, 0.717) is 5.56 Å². The lowest BCUT2D eigenvalue weighted by molar-refractivity contribution is 0.342. The van der Waals surface area contributed by atoms with Crippen molar-refractivity contribution in [2.75, 3.05) is 0 Å². The molecule has 20 heavy (non-hydrogen) atoms. The maximum atomic E-state index is 14.1. The monoisotopic (exact) mass is 336 g/mol. The Morgan fingerprint density at radius 1 is 1.15 bits per heavy atom. The van der Waals surface area contributed by atoms with Crippen LogP contribution in [0.25, 0.3) is 0 Å². The second-order valence-corrected chi connectivity index (χ2v) is 6.27. The largest absolute Gasteiger partial charge is 0.271 e. The first-order valence-corrected chi connectivity index (χ1v) is 7.22. The molecule has 1 atom stereocenters. The van der Waals surface area contributed by atoms with Gasteiger partial charge in [0.1, 0.15) is 5.82 Å². The van der Waals surface area contributed by atoms with E-state index in [9.17, 15) is 4.39 Å². The van der Waals surface area contributed by atoms with E-state index in [2.05, 4.69) is 21.4 Å².